The molecule has 47 heavy (non-hydrogen) atoms. The first kappa shape index (κ1) is 34.7. The van der Waals surface area contributed by atoms with E-state index in [4.69, 9.17) is 13.9 Å². The van der Waals surface area contributed by atoms with Gasteiger partial charge in [-0.3, -0.25) is 9.59 Å². The van der Waals surface area contributed by atoms with Crippen LogP contribution in [0, 0.1) is 28.6 Å². The van der Waals surface area contributed by atoms with Crippen LogP contribution in [0.1, 0.15) is 57.5 Å². The standard InChI is InChI=1S/C34H38F2O10S/c1-5-43-28(40)29(41)45-12-6-7-14-47-30(42)34(46-27(39)25-9-8-13-44-25)19(2)15-21-22-17-24(35)23-16-20(37)10-11-31(23,3)33(22,36)26(38)18-32(21,34)4/h6-11,13,16,19,21-22,24,26,38H,5,12,14-15,17-18H2,1-4H3/b7-6+/t19-,21+,22+,24+,26+,31+,32+,33+,34+/m1/s1. The average molecular weight is 677 g/mol. The van der Waals surface area contributed by atoms with Gasteiger partial charge in [-0.1, -0.05) is 43.8 Å². The van der Waals surface area contributed by atoms with Crippen molar-refractivity contribution in [1.82, 2.24) is 0 Å². The molecule has 1 aromatic heterocycles. The molecule has 0 radical (unpaired) electrons. The van der Waals surface area contributed by atoms with E-state index in [-0.39, 0.29) is 49.6 Å². The summed E-state index contributed by atoms with van der Waals surface area (Å²) in [6, 6.07) is 2.87. The number of halogens is 2. The first-order valence-corrected chi connectivity index (χ1v) is 16.5. The molecule has 1 heterocycles. The number of alkyl halides is 2. The number of furan rings is 1. The van der Waals surface area contributed by atoms with E-state index in [0.717, 1.165) is 17.8 Å². The zero-order chi connectivity index (χ0) is 34.4. The Balaban J connectivity index is 1.45. The highest BCUT2D eigenvalue weighted by atomic mass is 32.2. The Kier molecular flexibility index (Phi) is 9.46. The molecule has 0 spiro atoms. The number of aliphatic hydroxyl groups is 1. The number of hydrogen-bond donors (Lipinski definition) is 1. The van der Waals surface area contributed by atoms with Crippen molar-refractivity contribution in [2.45, 2.75) is 70.5 Å². The number of thioether (sulfide) groups is 1. The Morgan fingerprint density at radius 2 is 1.85 bits per heavy atom. The molecule has 5 rings (SSSR count). The summed E-state index contributed by atoms with van der Waals surface area (Å²) in [5.74, 6) is -6.19. The third-order valence-corrected chi connectivity index (χ3v) is 11.6. The third-order valence-electron chi connectivity index (χ3n) is 10.7. The Labute approximate surface area is 274 Å². The van der Waals surface area contributed by atoms with E-state index in [2.05, 4.69) is 4.74 Å². The molecular formula is C34H38F2O10S. The maximum absolute atomic E-state index is 17.7. The predicted octanol–water partition coefficient (Wildman–Crippen LogP) is 4.66. The lowest BCUT2D eigenvalue weighted by atomic mass is 9.44. The SMILES string of the molecule is CCOC(=O)C(=O)OC/C=C/CSC(=O)[C@@]1(OC(=O)c2ccco2)[C@H](C)C[C@H]2[C@@H]3C[C@H](F)C4=CC(=O)C=C[C@]4(C)[C@@]3(F)[C@@H](O)C[C@@]21C. The predicted molar refractivity (Wildman–Crippen MR) is 164 cm³/mol. The van der Waals surface area contributed by atoms with Gasteiger partial charge in [-0.05, 0) is 68.9 Å². The first-order valence-electron chi connectivity index (χ1n) is 15.6. The van der Waals surface area contributed by atoms with E-state index in [1.807, 2.05) is 0 Å². The minimum atomic E-state index is -2.37. The fourth-order valence-electron chi connectivity index (χ4n) is 8.55. The average Bonchev–Trinajstić information content (AvgIpc) is 3.64. The summed E-state index contributed by atoms with van der Waals surface area (Å²) in [7, 11) is 0. The number of esters is 3. The molecule has 0 unspecified atom stereocenters. The molecule has 4 aliphatic carbocycles. The van der Waals surface area contributed by atoms with E-state index in [1.54, 1.807) is 20.8 Å². The lowest BCUT2D eigenvalue weighted by Gasteiger charge is -2.63. The summed E-state index contributed by atoms with van der Waals surface area (Å²) in [5, 5.41) is 11.2. The second-order valence-corrected chi connectivity index (χ2v) is 14.0. The van der Waals surface area contributed by atoms with Crippen molar-refractivity contribution >= 4 is 40.6 Å². The van der Waals surface area contributed by atoms with Crippen molar-refractivity contribution < 1.29 is 56.5 Å². The Bertz CT molecular complexity index is 1540. The van der Waals surface area contributed by atoms with E-state index >= 15 is 8.78 Å². The number of aliphatic hydroxyl groups excluding tert-OH is 1. The van der Waals surface area contributed by atoms with Crippen molar-refractivity contribution in [3.05, 3.63) is 60.1 Å². The van der Waals surface area contributed by atoms with E-state index in [1.165, 1.54) is 49.6 Å². The van der Waals surface area contributed by atoms with Gasteiger partial charge in [0.2, 0.25) is 10.9 Å². The minimum absolute atomic E-state index is 0.0145. The van der Waals surface area contributed by atoms with Gasteiger partial charge in [0.25, 0.3) is 0 Å². The van der Waals surface area contributed by atoms with Gasteiger partial charge in [0, 0.05) is 28.4 Å². The number of carbonyl (C=O) groups excluding carboxylic acids is 5. The fourth-order valence-corrected chi connectivity index (χ4v) is 9.62. The number of allylic oxidation sites excluding steroid dienone is 4. The summed E-state index contributed by atoms with van der Waals surface area (Å²) in [6.07, 6.45) is 4.12. The van der Waals surface area contributed by atoms with Gasteiger partial charge in [0.1, 0.15) is 12.8 Å². The van der Waals surface area contributed by atoms with Gasteiger partial charge in [-0.25, -0.2) is 23.2 Å². The Morgan fingerprint density at radius 3 is 2.53 bits per heavy atom. The highest BCUT2D eigenvalue weighted by Crippen LogP contribution is 2.72. The Morgan fingerprint density at radius 1 is 1.13 bits per heavy atom. The largest absolute Gasteiger partial charge is 0.458 e. The van der Waals surface area contributed by atoms with Gasteiger partial charge < -0.3 is 23.7 Å². The molecule has 3 saturated carbocycles. The van der Waals surface area contributed by atoms with E-state index in [9.17, 15) is 29.1 Å². The van der Waals surface area contributed by atoms with Crippen LogP contribution in [0.3, 0.4) is 0 Å². The number of carbonyl (C=O) groups is 5. The number of ketones is 1. The van der Waals surface area contributed by atoms with E-state index < -0.39 is 80.9 Å². The van der Waals surface area contributed by atoms with Gasteiger partial charge in [0.15, 0.2) is 17.1 Å². The topological polar surface area (TPSA) is 146 Å². The highest BCUT2D eigenvalue weighted by molar-refractivity contribution is 8.14. The molecule has 4 aliphatic rings. The summed E-state index contributed by atoms with van der Waals surface area (Å²) in [5.41, 5.74) is -7.20. The van der Waals surface area contributed by atoms with Crippen LogP contribution in [-0.2, 0) is 33.4 Å². The van der Waals surface area contributed by atoms with Crippen LogP contribution in [-0.4, -0.2) is 76.4 Å². The third kappa shape index (κ3) is 5.39. The first-order chi connectivity index (χ1) is 22.2. The fraction of sp³-hybridized carbons (Fsp3) is 0.559. The van der Waals surface area contributed by atoms with Crippen molar-refractivity contribution in [2.24, 2.45) is 28.6 Å². The molecule has 13 heteroatoms. The van der Waals surface area contributed by atoms with Gasteiger partial charge in [-0.2, -0.15) is 0 Å². The molecule has 10 nitrogen and oxygen atoms in total. The lowest BCUT2D eigenvalue weighted by molar-refractivity contribution is -0.221. The van der Waals surface area contributed by atoms with Crippen LogP contribution in [0.5, 0.6) is 0 Å². The summed E-state index contributed by atoms with van der Waals surface area (Å²) >= 11 is 0.818. The second kappa shape index (κ2) is 12.8. The summed E-state index contributed by atoms with van der Waals surface area (Å²) < 4.78 is 54.3. The molecule has 0 bridgehead atoms. The number of rotatable bonds is 8. The van der Waals surface area contributed by atoms with Crippen LogP contribution < -0.4 is 0 Å². The molecule has 9 atom stereocenters. The van der Waals surface area contributed by atoms with Crippen LogP contribution in [0.2, 0.25) is 0 Å². The molecular weight excluding hydrogens is 638 g/mol. The number of hydrogen-bond acceptors (Lipinski definition) is 11. The highest BCUT2D eigenvalue weighted by Gasteiger charge is 2.78. The van der Waals surface area contributed by atoms with Gasteiger partial charge in [0.05, 0.1) is 19.0 Å². The molecule has 1 N–H and O–H groups in total. The normalized spacial score (nSPS) is 37.4. The van der Waals surface area contributed by atoms with Gasteiger partial charge >= 0.3 is 17.9 Å². The van der Waals surface area contributed by atoms with Crippen molar-refractivity contribution in [3.63, 3.8) is 0 Å². The molecule has 254 valence electrons. The maximum atomic E-state index is 17.7. The molecule has 0 saturated heterocycles. The Hall–Kier alpha value is -3.58. The zero-order valence-corrected chi connectivity index (χ0v) is 27.4. The number of fused-ring (bicyclic) bond motifs is 5. The summed E-state index contributed by atoms with van der Waals surface area (Å²) in [4.78, 5) is 63.0. The molecule has 0 amide bonds. The smallest absolute Gasteiger partial charge is 0.417 e. The zero-order valence-electron chi connectivity index (χ0n) is 26.5. The molecule has 1 aromatic rings. The van der Waals surface area contributed by atoms with Crippen LogP contribution in [0.4, 0.5) is 8.78 Å². The molecule has 0 aliphatic heterocycles. The van der Waals surface area contributed by atoms with Crippen molar-refractivity contribution in [3.8, 4) is 0 Å². The van der Waals surface area contributed by atoms with Gasteiger partial charge in [-0.15, -0.1) is 0 Å². The van der Waals surface area contributed by atoms with Crippen LogP contribution in [0.15, 0.2) is 58.8 Å². The monoisotopic (exact) mass is 676 g/mol. The molecule has 3 fully saturated rings. The molecule has 0 aromatic carbocycles. The maximum Gasteiger partial charge on any atom is 0.417 e. The lowest BCUT2D eigenvalue weighted by Crippen LogP contribution is -2.70. The van der Waals surface area contributed by atoms with Crippen LogP contribution >= 0.6 is 11.8 Å². The summed E-state index contributed by atoms with van der Waals surface area (Å²) in [6.45, 7) is 6.20. The van der Waals surface area contributed by atoms with Crippen molar-refractivity contribution in [2.75, 3.05) is 19.0 Å². The van der Waals surface area contributed by atoms with Crippen LogP contribution in [0.25, 0.3) is 0 Å². The second-order valence-electron chi connectivity index (χ2n) is 13.0. The minimum Gasteiger partial charge on any atom is -0.458 e. The quantitative estimate of drug-likeness (QED) is 0.178. The van der Waals surface area contributed by atoms with Crippen molar-refractivity contribution in [1.29, 1.82) is 0 Å². The number of ether oxygens (including phenoxy) is 3. The van der Waals surface area contributed by atoms with E-state index in [0.29, 0.717) is 0 Å².